The number of nitrogen functional groups attached to an aromatic ring is 1. The Bertz CT molecular complexity index is 396. The molecule has 14 heavy (non-hydrogen) atoms. The van der Waals surface area contributed by atoms with E-state index in [1.165, 1.54) is 0 Å². The van der Waals surface area contributed by atoms with E-state index in [2.05, 4.69) is 5.32 Å². The van der Waals surface area contributed by atoms with Gasteiger partial charge in [0.2, 0.25) is 5.91 Å². The smallest absolute Gasteiger partial charge is 0.225 e. The van der Waals surface area contributed by atoms with Gasteiger partial charge >= 0.3 is 0 Å². The highest BCUT2D eigenvalue weighted by molar-refractivity contribution is 5.82. The lowest BCUT2D eigenvalue weighted by atomic mass is 9.85. The quantitative estimate of drug-likeness (QED) is 0.603. The predicted molar refractivity (Wildman–Crippen MR) is 55.7 cm³/mol. The number of anilines is 1. The number of hydrogen-bond donors (Lipinski definition) is 2. The van der Waals surface area contributed by atoms with Crippen molar-refractivity contribution in [1.29, 1.82) is 0 Å². The summed E-state index contributed by atoms with van der Waals surface area (Å²) in [7, 11) is 0. The van der Waals surface area contributed by atoms with Crippen molar-refractivity contribution >= 4 is 11.6 Å². The van der Waals surface area contributed by atoms with Crippen LogP contribution in [0.5, 0.6) is 0 Å². The Kier molecular flexibility index (Phi) is 1.77. The fourth-order valence-electron chi connectivity index (χ4n) is 2.00. The second-order valence-corrected chi connectivity index (χ2v) is 4.27. The standard InChI is InChI=1S/C11H14N2O/c1-11(2)9-4-3-8(12)5-7(9)6-10(14)13-11/h3-5H,6,12H2,1-2H3,(H,13,14). The molecular weight excluding hydrogens is 176 g/mol. The zero-order valence-electron chi connectivity index (χ0n) is 8.42. The molecule has 0 atom stereocenters. The summed E-state index contributed by atoms with van der Waals surface area (Å²) in [4.78, 5) is 11.4. The minimum absolute atomic E-state index is 0.0631. The number of hydrogen-bond acceptors (Lipinski definition) is 2. The van der Waals surface area contributed by atoms with Gasteiger partial charge in [-0.2, -0.15) is 0 Å². The largest absolute Gasteiger partial charge is 0.399 e. The molecule has 0 fully saturated rings. The predicted octanol–water partition coefficient (Wildman–Crippen LogP) is 1.18. The number of rotatable bonds is 0. The number of fused-ring (bicyclic) bond motifs is 1. The maximum Gasteiger partial charge on any atom is 0.225 e. The average molecular weight is 190 g/mol. The van der Waals surface area contributed by atoms with Crippen LogP contribution in [0.1, 0.15) is 25.0 Å². The van der Waals surface area contributed by atoms with Crippen molar-refractivity contribution in [3.63, 3.8) is 0 Å². The molecule has 2 rings (SSSR count). The Hall–Kier alpha value is -1.51. The van der Waals surface area contributed by atoms with Crippen LogP contribution in [0.3, 0.4) is 0 Å². The first-order valence-corrected chi connectivity index (χ1v) is 4.69. The molecule has 74 valence electrons. The monoisotopic (exact) mass is 190 g/mol. The van der Waals surface area contributed by atoms with Crippen LogP contribution in [0.15, 0.2) is 18.2 Å². The minimum Gasteiger partial charge on any atom is -0.399 e. The summed E-state index contributed by atoms with van der Waals surface area (Å²) >= 11 is 0. The Morgan fingerprint density at radius 1 is 1.43 bits per heavy atom. The van der Waals surface area contributed by atoms with Gasteiger partial charge in [-0.3, -0.25) is 4.79 Å². The van der Waals surface area contributed by atoms with E-state index in [0.29, 0.717) is 12.1 Å². The Morgan fingerprint density at radius 2 is 2.14 bits per heavy atom. The van der Waals surface area contributed by atoms with Gasteiger partial charge in [-0.05, 0) is 37.1 Å². The van der Waals surface area contributed by atoms with E-state index in [1.807, 2.05) is 32.0 Å². The highest BCUT2D eigenvalue weighted by atomic mass is 16.1. The van der Waals surface area contributed by atoms with Crippen LogP contribution in [0, 0.1) is 0 Å². The molecule has 0 spiro atoms. The highest BCUT2D eigenvalue weighted by Crippen LogP contribution is 2.29. The van der Waals surface area contributed by atoms with Crippen LogP contribution in [0.4, 0.5) is 5.69 Å². The Balaban J connectivity index is 2.57. The summed E-state index contributed by atoms with van der Waals surface area (Å²) in [5.74, 6) is 0.0631. The van der Waals surface area contributed by atoms with Crippen molar-refractivity contribution < 1.29 is 4.79 Å². The number of carbonyl (C=O) groups excluding carboxylic acids is 1. The lowest BCUT2D eigenvalue weighted by Crippen LogP contribution is -2.46. The van der Waals surface area contributed by atoms with E-state index >= 15 is 0 Å². The Labute approximate surface area is 83.3 Å². The van der Waals surface area contributed by atoms with Gasteiger partial charge < -0.3 is 11.1 Å². The summed E-state index contributed by atoms with van der Waals surface area (Å²) in [6.07, 6.45) is 0.434. The first kappa shape index (κ1) is 9.06. The summed E-state index contributed by atoms with van der Waals surface area (Å²) in [5, 5.41) is 2.95. The third kappa shape index (κ3) is 1.35. The fourth-order valence-corrected chi connectivity index (χ4v) is 2.00. The van der Waals surface area contributed by atoms with Gasteiger partial charge in [-0.15, -0.1) is 0 Å². The molecule has 0 aliphatic carbocycles. The molecule has 1 aliphatic heterocycles. The van der Waals surface area contributed by atoms with Crippen LogP contribution in [-0.4, -0.2) is 5.91 Å². The molecule has 0 aromatic heterocycles. The van der Waals surface area contributed by atoms with Crippen molar-refractivity contribution in [1.82, 2.24) is 5.32 Å². The molecule has 3 heteroatoms. The minimum atomic E-state index is -0.279. The van der Waals surface area contributed by atoms with E-state index in [1.54, 1.807) is 0 Å². The highest BCUT2D eigenvalue weighted by Gasteiger charge is 2.30. The normalized spacial score (nSPS) is 18.6. The first-order chi connectivity index (χ1) is 6.49. The van der Waals surface area contributed by atoms with E-state index < -0.39 is 0 Å². The van der Waals surface area contributed by atoms with Crippen LogP contribution >= 0.6 is 0 Å². The van der Waals surface area contributed by atoms with Crippen molar-refractivity contribution in [3.05, 3.63) is 29.3 Å². The van der Waals surface area contributed by atoms with E-state index in [4.69, 9.17) is 5.73 Å². The topological polar surface area (TPSA) is 55.1 Å². The molecule has 1 amide bonds. The van der Waals surface area contributed by atoms with E-state index in [9.17, 15) is 4.79 Å². The summed E-state index contributed by atoms with van der Waals surface area (Å²) in [5.41, 5.74) is 8.32. The van der Waals surface area contributed by atoms with Gasteiger partial charge in [0.1, 0.15) is 0 Å². The molecule has 1 aliphatic rings. The molecule has 3 nitrogen and oxygen atoms in total. The molecule has 0 bridgehead atoms. The number of benzene rings is 1. The number of amides is 1. The summed E-state index contributed by atoms with van der Waals surface area (Å²) < 4.78 is 0. The zero-order chi connectivity index (χ0) is 10.3. The summed E-state index contributed by atoms with van der Waals surface area (Å²) in [6.45, 7) is 4.00. The van der Waals surface area contributed by atoms with Crippen molar-refractivity contribution in [2.45, 2.75) is 25.8 Å². The third-order valence-corrected chi connectivity index (χ3v) is 2.61. The van der Waals surface area contributed by atoms with Crippen LogP contribution in [0.25, 0.3) is 0 Å². The lowest BCUT2D eigenvalue weighted by molar-refractivity contribution is -0.122. The van der Waals surface area contributed by atoms with Gasteiger partial charge in [0.15, 0.2) is 0 Å². The molecule has 3 N–H and O–H groups in total. The first-order valence-electron chi connectivity index (χ1n) is 4.69. The average Bonchev–Trinajstić information content (AvgIpc) is 2.00. The number of nitrogens with two attached hydrogens (primary N) is 1. The second-order valence-electron chi connectivity index (χ2n) is 4.27. The SMILES string of the molecule is CC1(C)NC(=O)Cc2cc(N)ccc21. The van der Waals surface area contributed by atoms with Gasteiger partial charge in [-0.1, -0.05) is 6.07 Å². The van der Waals surface area contributed by atoms with Crippen LogP contribution in [-0.2, 0) is 16.8 Å². The molecule has 0 saturated carbocycles. The molecule has 0 saturated heterocycles. The van der Waals surface area contributed by atoms with Gasteiger partial charge in [0.25, 0.3) is 0 Å². The molecule has 1 aromatic carbocycles. The van der Waals surface area contributed by atoms with E-state index in [0.717, 1.165) is 11.1 Å². The fraction of sp³-hybridized carbons (Fsp3) is 0.364. The molecule has 0 radical (unpaired) electrons. The second kappa shape index (κ2) is 2.74. The molecule has 0 unspecified atom stereocenters. The van der Waals surface area contributed by atoms with Crippen LogP contribution in [0.2, 0.25) is 0 Å². The third-order valence-electron chi connectivity index (χ3n) is 2.61. The maximum atomic E-state index is 11.4. The molecular formula is C11H14N2O. The van der Waals surface area contributed by atoms with E-state index in [-0.39, 0.29) is 11.4 Å². The van der Waals surface area contributed by atoms with Crippen molar-refractivity contribution in [2.75, 3.05) is 5.73 Å². The zero-order valence-corrected chi connectivity index (χ0v) is 8.42. The lowest BCUT2D eigenvalue weighted by Gasteiger charge is -2.33. The van der Waals surface area contributed by atoms with Crippen molar-refractivity contribution in [2.24, 2.45) is 0 Å². The number of carbonyl (C=O) groups is 1. The van der Waals surface area contributed by atoms with Gasteiger partial charge in [-0.25, -0.2) is 0 Å². The van der Waals surface area contributed by atoms with Crippen LogP contribution < -0.4 is 11.1 Å². The van der Waals surface area contributed by atoms with Gasteiger partial charge in [0.05, 0.1) is 12.0 Å². The van der Waals surface area contributed by atoms with Gasteiger partial charge in [0, 0.05) is 5.69 Å². The molecule has 1 aromatic rings. The maximum absolute atomic E-state index is 11.4. The number of nitrogens with one attached hydrogen (secondary N) is 1. The Morgan fingerprint density at radius 3 is 2.86 bits per heavy atom. The summed E-state index contributed by atoms with van der Waals surface area (Å²) in [6, 6.07) is 5.75. The molecule has 1 heterocycles. The van der Waals surface area contributed by atoms with Crippen molar-refractivity contribution in [3.8, 4) is 0 Å².